The van der Waals surface area contributed by atoms with Gasteiger partial charge >= 0.3 is 68.3 Å². The second-order valence-corrected chi connectivity index (χ2v) is 26.4. The van der Waals surface area contributed by atoms with E-state index in [0.29, 0.717) is 109 Å². The van der Waals surface area contributed by atoms with Gasteiger partial charge in [-0.1, -0.05) is 54.7 Å². The average molecular weight is 1430 g/mol. The smallest absolute Gasteiger partial charge is 0.336 e. The lowest BCUT2D eigenvalue weighted by Crippen LogP contribution is -2.54. The molecule has 6 fully saturated rings. The molecule has 564 valence electrons. The summed E-state index contributed by atoms with van der Waals surface area (Å²) < 4.78 is 45.7. The highest BCUT2D eigenvalue weighted by Gasteiger charge is 2.37. The van der Waals surface area contributed by atoms with Crippen LogP contribution in [-0.2, 0) is 107 Å². The van der Waals surface area contributed by atoms with Crippen LogP contribution in [0.2, 0.25) is 0 Å². The Hall–Kier alpha value is -8.16. The molecule has 6 aliphatic rings. The summed E-state index contributed by atoms with van der Waals surface area (Å²) >= 11 is 0. The van der Waals surface area contributed by atoms with Crippen molar-refractivity contribution in [3.63, 3.8) is 0 Å². The Balaban J connectivity index is 0.000000191. The van der Waals surface area contributed by atoms with Crippen LogP contribution in [0.1, 0.15) is 157 Å². The van der Waals surface area contributed by atoms with Crippen LogP contribution < -0.4 is 68.3 Å². The van der Waals surface area contributed by atoms with Crippen molar-refractivity contribution in [3.05, 3.63) is 200 Å². The maximum Gasteiger partial charge on any atom is 0.336 e. The van der Waals surface area contributed by atoms with Crippen LogP contribution in [0.5, 0.6) is 0 Å². The zero-order valence-corrected chi connectivity index (χ0v) is 60.6. The second-order valence-electron chi connectivity index (χ2n) is 26.4. The maximum absolute atomic E-state index is 12.8. The summed E-state index contributed by atoms with van der Waals surface area (Å²) in [6.45, 7) is 28.0. The first-order valence-electron chi connectivity index (χ1n) is 36.4. The highest BCUT2D eigenvalue weighted by atomic mass is 16.6. The van der Waals surface area contributed by atoms with Crippen molar-refractivity contribution in [1.82, 2.24) is 54.8 Å². The summed E-state index contributed by atoms with van der Waals surface area (Å²) in [4.78, 5) is 152. The van der Waals surface area contributed by atoms with Crippen LogP contribution in [0.3, 0.4) is 0 Å². The van der Waals surface area contributed by atoms with Crippen molar-refractivity contribution < 1.29 is 28.4 Å². The van der Waals surface area contributed by atoms with E-state index in [1.165, 1.54) is 32.0 Å². The third-order valence-electron chi connectivity index (χ3n) is 18.6. The average Bonchev–Trinajstić information content (AvgIpc) is 1.14. The van der Waals surface area contributed by atoms with Crippen LogP contribution in [-0.4, -0.2) is 130 Å². The molecule has 9 unspecified atom stereocenters. The van der Waals surface area contributed by atoms with Crippen LogP contribution in [0, 0.1) is 0 Å². The molecule has 102 heavy (non-hydrogen) atoms. The number of epoxide rings is 6. The molecular formula is C72H108N12O18. The molecule has 10 rings (SSSR count). The number of nitrogens with zero attached hydrogens (tertiary/aromatic N) is 12. The normalized spacial score (nSPS) is 21.1. The van der Waals surface area contributed by atoms with Crippen molar-refractivity contribution in [2.75, 3.05) is 19.8 Å². The Morgan fingerprint density at radius 3 is 0.794 bits per heavy atom. The number of hydrogen-bond donors (Lipinski definition) is 0. The maximum atomic E-state index is 12.8. The van der Waals surface area contributed by atoms with Gasteiger partial charge in [0.2, 0.25) is 0 Å². The number of rotatable bonds is 42. The van der Waals surface area contributed by atoms with Gasteiger partial charge in [-0.2, -0.15) is 0 Å². The summed E-state index contributed by atoms with van der Waals surface area (Å²) in [5.41, 5.74) is -6.32. The summed E-state index contributed by atoms with van der Waals surface area (Å²) in [6.07, 6.45) is 30.3. The quantitative estimate of drug-likeness (QED) is 0.0348. The van der Waals surface area contributed by atoms with Gasteiger partial charge in [-0.25, -0.2) is 112 Å². The van der Waals surface area contributed by atoms with Crippen LogP contribution >= 0.6 is 0 Å². The van der Waals surface area contributed by atoms with E-state index in [9.17, 15) is 57.5 Å². The molecule has 10 heterocycles. The van der Waals surface area contributed by atoms with Crippen LogP contribution in [0.25, 0.3) is 0 Å². The van der Waals surface area contributed by atoms with Gasteiger partial charge in [-0.15, -0.1) is 19.7 Å². The molecular weight excluding hydrogens is 1320 g/mol. The molecule has 0 spiro atoms. The first-order chi connectivity index (χ1) is 49.2. The van der Waals surface area contributed by atoms with E-state index in [2.05, 4.69) is 19.7 Å². The molecule has 0 bridgehead atoms. The Labute approximate surface area is 591 Å². The lowest BCUT2D eigenvalue weighted by Gasteiger charge is -2.13. The molecule has 0 saturated carbocycles. The fourth-order valence-electron chi connectivity index (χ4n) is 11.8. The SMILES string of the molecule is C/C=C/CCn1c(=O)n(CC/C=C/C)c(=O)n(CC/C=C/C)c1=O.C=CCCCCn1c(=O)n(CCC=C)c(=O)n(CCCC=C)c1=O.CC1OC1CCn1c(=O)n(CCC2OC2C)c(=O)n(CCC2OC2C)c1=O.O=c1n(CCCCC2CO2)c(=O)n(CCC2CO2)c(=O)n1CCCC1CO1. The molecule has 0 aliphatic carbocycles. The second kappa shape index (κ2) is 40.6. The van der Waals surface area contributed by atoms with Gasteiger partial charge in [-0.05, 0) is 157 Å². The van der Waals surface area contributed by atoms with Gasteiger partial charge in [-0.3, -0.25) is 0 Å². The molecule has 4 aromatic rings. The largest absolute Gasteiger partial charge is 0.373 e. The van der Waals surface area contributed by atoms with Crippen LogP contribution in [0.15, 0.2) is 132 Å². The topological polar surface area (TPSA) is 339 Å². The third-order valence-corrected chi connectivity index (χ3v) is 18.6. The molecule has 6 aliphatic heterocycles. The van der Waals surface area contributed by atoms with Gasteiger partial charge in [0.05, 0.1) is 74.8 Å². The van der Waals surface area contributed by atoms with Crippen molar-refractivity contribution in [1.29, 1.82) is 0 Å². The molecule has 9 atom stereocenters. The number of ether oxygens (including phenoxy) is 6. The number of hydrogen-bond acceptors (Lipinski definition) is 18. The van der Waals surface area contributed by atoms with Gasteiger partial charge in [0.25, 0.3) is 0 Å². The first-order valence-corrected chi connectivity index (χ1v) is 36.4. The minimum atomic E-state index is -0.543. The van der Waals surface area contributed by atoms with E-state index >= 15 is 0 Å². The zero-order valence-electron chi connectivity index (χ0n) is 60.6. The fraction of sp³-hybridized carbons (Fsp3) is 0.667. The van der Waals surface area contributed by atoms with E-state index in [1.807, 2.05) is 78.0 Å². The zero-order chi connectivity index (χ0) is 74.0. The van der Waals surface area contributed by atoms with Gasteiger partial charge in [0.15, 0.2) is 0 Å². The van der Waals surface area contributed by atoms with Crippen molar-refractivity contribution in [3.8, 4) is 0 Å². The van der Waals surface area contributed by atoms with E-state index in [1.54, 1.807) is 18.2 Å². The van der Waals surface area contributed by atoms with Gasteiger partial charge in [0.1, 0.15) is 0 Å². The first kappa shape index (κ1) is 81.1. The summed E-state index contributed by atoms with van der Waals surface area (Å²) in [7, 11) is 0. The molecule has 0 amide bonds. The standard InChI is InChI=1S/2C18H27N3O6.2C18H27N3O3/c1-10-13(25-10)4-7-19-16(22)20(8-5-14-11(2)26-14)18(24)21(17(19)23)9-6-15-12(3)27-15;22-16-19(7-2-1-4-13-10-25-13)17(23)21(9-6-15-12-27-15)18(24)20(16)8-3-5-14-11-26-14;1-4-7-10-12-15-21-17(23)19(13-9-6-3)16(22)20(18(21)24)14-11-8-5-2;1-4-7-10-13-19-16(22)20(14-11-8-5-2)18(24)21(17(19)23)15-12-9-6-3/h10-15H,4-9H2,1-3H3;13-15H,1-12H2;4-6H,1-3,7-15H2;4-9H,10-15H2,1-3H3/b;;;7-4+,8-5+,9-6+. The molecule has 0 radical (unpaired) electrons. The van der Waals surface area contributed by atoms with Crippen molar-refractivity contribution in [2.24, 2.45) is 0 Å². The predicted octanol–water partition coefficient (Wildman–Crippen LogP) is 3.55. The highest BCUT2D eigenvalue weighted by molar-refractivity contribution is 4.91. The van der Waals surface area contributed by atoms with Crippen molar-refractivity contribution in [2.45, 2.75) is 291 Å². The molecule has 4 aromatic heterocycles. The summed E-state index contributed by atoms with van der Waals surface area (Å²) in [5, 5.41) is 0. The predicted molar refractivity (Wildman–Crippen MR) is 387 cm³/mol. The minimum Gasteiger partial charge on any atom is -0.373 e. The lowest BCUT2D eigenvalue weighted by molar-refractivity contribution is 0.337. The Morgan fingerprint density at radius 2 is 0.510 bits per heavy atom. The molecule has 30 nitrogen and oxygen atoms in total. The van der Waals surface area contributed by atoms with Crippen LogP contribution in [0.4, 0.5) is 0 Å². The monoisotopic (exact) mass is 1430 g/mol. The van der Waals surface area contributed by atoms with Crippen molar-refractivity contribution >= 4 is 0 Å². The Bertz CT molecular complexity index is 4040. The number of aromatic nitrogens is 12. The number of unbranched alkanes of at least 4 members (excludes halogenated alkanes) is 4. The Kier molecular flexibility index (Phi) is 32.3. The van der Waals surface area contributed by atoms with E-state index in [0.717, 1.165) is 74.6 Å². The minimum absolute atomic E-state index is 0.0755. The molecule has 0 N–H and O–H groups in total. The fourth-order valence-corrected chi connectivity index (χ4v) is 11.8. The van der Waals surface area contributed by atoms with E-state index < -0.39 is 68.3 Å². The molecule has 6 saturated heterocycles. The van der Waals surface area contributed by atoms with Gasteiger partial charge in [0, 0.05) is 78.5 Å². The highest BCUT2D eigenvalue weighted by Crippen LogP contribution is 2.26. The van der Waals surface area contributed by atoms with E-state index in [4.69, 9.17) is 28.4 Å². The number of allylic oxidation sites excluding steroid dienone is 9. The third kappa shape index (κ3) is 24.0. The lowest BCUT2D eigenvalue weighted by atomic mass is 10.2. The van der Waals surface area contributed by atoms with Gasteiger partial charge < -0.3 is 28.4 Å². The Morgan fingerprint density at radius 1 is 0.284 bits per heavy atom. The summed E-state index contributed by atoms with van der Waals surface area (Å²) in [5.74, 6) is 0. The summed E-state index contributed by atoms with van der Waals surface area (Å²) in [6, 6.07) is 0. The molecule has 0 aromatic carbocycles. The van der Waals surface area contributed by atoms with E-state index in [-0.39, 0.29) is 108 Å². The molecule has 30 heteroatoms.